The number of aromatic nitrogens is 2. The van der Waals surface area contributed by atoms with Gasteiger partial charge >= 0.3 is 0 Å². The van der Waals surface area contributed by atoms with E-state index in [1.54, 1.807) is 6.20 Å². The summed E-state index contributed by atoms with van der Waals surface area (Å²) in [4.78, 5) is 0. The molecular formula is C12H22ClN3S. The van der Waals surface area contributed by atoms with Gasteiger partial charge in [0.1, 0.15) is 0 Å². The highest BCUT2D eigenvalue weighted by molar-refractivity contribution is 7.99. The summed E-state index contributed by atoms with van der Waals surface area (Å²) < 4.78 is 1.92. The van der Waals surface area contributed by atoms with Crippen molar-refractivity contribution in [2.24, 2.45) is 11.7 Å². The summed E-state index contributed by atoms with van der Waals surface area (Å²) in [5.41, 5.74) is 7.16. The number of halogens is 1. The van der Waals surface area contributed by atoms with Gasteiger partial charge in [0.25, 0.3) is 0 Å². The average Bonchev–Trinajstić information content (AvgIpc) is 2.59. The Kier molecular flexibility index (Phi) is 5.83. The van der Waals surface area contributed by atoms with Crippen molar-refractivity contribution < 1.29 is 0 Å². The maximum atomic E-state index is 6.20. The van der Waals surface area contributed by atoms with E-state index in [1.165, 1.54) is 0 Å². The summed E-state index contributed by atoms with van der Waals surface area (Å²) in [5, 5.41) is 4.95. The molecule has 1 heterocycles. The predicted octanol–water partition coefficient (Wildman–Crippen LogP) is 3.51. The van der Waals surface area contributed by atoms with Gasteiger partial charge in [0.05, 0.1) is 23.0 Å². The van der Waals surface area contributed by atoms with Crippen LogP contribution in [0.2, 0.25) is 5.02 Å². The molecule has 98 valence electrons. The van der Waals surface area contributed by atoms with E-state index in [0.29, 0.717) is 17.0 Å². The van der Waals surface area contributed by atoms with Crippen LogP contribution in [0.3, 0.4) is 0 Å². The van der Waals surface area contributed by atoms with Crippen LogP contribution in [0.4, 0.5) is 0 Å². The third-order valence-corrected chi connectivity index (χ3v) is 4.16. The van der Waals surface area contributed by atoms with Gasteiger partial charge in [-0.1, -0.05) is 25.4 Å². The molecular weight excluding hydrogens is 254 g/mol. The standard InChI is InChI=1S/C12H22ClN3S/c1-8(2)6-17-7-11(14)12-10(13)5-15-16(12)9(3)4/h5,8-9,11H,6-7,14H2,1-4H3. The number of hydrogen-bond acceptors (Lipinski definition) is 3. The topological polar surface area (TPSA) is 43.8 Å². The molecule has 1 rings (SSSR count). The number of nitrogens with two attached hydrogens (primary N) is 1. The van der Waals surface area contributed by atoms with Gasteiger partial charge in [0.2, 0.25) is 0 Å². The Morgan fingerprint density at radius 2 is 2.00 bits per heavy atom. The van der Waals surface area contributed by atoms with Crippen LogP contribution >= 0.6 is 23.4 Å². The third-order valence-electron chi connectivity index (χ3n) is 2.38. The molecule has 0 fully saturated rings. The smallest absolute Gasteiger partial charge is 0.0834 e. The first-order valence-electron chi connectivity index (χ1n) is 5.99. The van der Waals surface area contributed by atoms with E-state index < -0.39 is 0 Å². The minimum Gasteiger partial charge on any atom is -0.322 e. The second-order valence-corrected chi connectivity index (χ2v) is 6.44. The number of rotatable bonds is 6. The predicted molar refractivity (Wildman–Crippen MR) is 76.7 cm³/mol. The van der Waals surface area contributed by atoms with E-state index in [1.807, 2.05) is 16.4 Å². The molecule has 1 atom stereocenters. The van der Waals surface area contributed by atoms with Crippen LogP contribution in [0.25, 0.3) is 0 Å². The van der Waals surface area contributed by atoms with Crippen molar-refractivity contribution in [3.8, 4) is 0 Å². The lowest BCUT2D eigenvalue weighted by Gasteiger charge is -2.17. The lowest BCUT2D eigenvalue weighted by Crippen LogP contribution is -2.20. The van der Waals surface area contributed by atoms with E-state index in [4.69, 9.17) is 17.3 Å². The Hall–Kier alpha value is -0.190. The van der Waals surface area contributed by atoms with Crippen molar-refractivity contribution in [3.05, 3.63) is 16.9 Å². The molecule has 0 amide bonds. The highest BCUT2D eigenvalue weighted by atomic mass is 35.5. The summed E-state index contributed by atoms with van der Waals surface area (Å²) >= 11 is 8.02. The second-order valence-electron chi connectivity index (χ2n) is 4.95. The highest BCUT2D eigenvalue weighted by Crippen LogP contribution is 2.26. The molecule has 0 aliphatic rings. The Morgan fingerprint density at radius 1 is 1.35 bits per heavy atom. The minimum absolute atomic E-state index is 0.0452. The van der Waals surface area contributed by atoms with E-state index in [9.17, 15) is 0 Å². The number of hydrogen-bond donors (Lipinski definition) is 1. The van der Waals surface area contributed by atoms with Gasteiger partial charge in [-0.25, -0.2) is 0 Å². The van der Waals surface area contributed by atoms with Crippen LogP contribution < -0.4 is 5.73 Å². The quantitative estimate of drug-likeness (QED) is 0.864. The van der Waals surface area contributed by atoms with Crippen LogP contribution in [0, 0.1) is 5.92 Å². The van der Waals surface area contributed by atoms with Crippen LogP contribution in [0.1, 0.15) is 45.5 Å². The molecule has 1 unspecified atom stereocenters. The first kappa shape index (κ1) is 14.9. The molecule has 3 nitrogen and oxygen atoms in total. The Morgan fingerprint density at radius 3 is 2.53 bits per heavy atom. The van der Waals surface area contributed by atoms with Crippen molar-refractivity contribution in [3.63, 3.8) is 0 Å². The maximum Gasteiger partial charge on any atom is 0.0834 e. The molecule has 2 N–H and O–H groups in total. The van der Waals surface area contributed by atoms with Gasteiger partial charge in [-0.2, -0.15) is 16.9 Å². The number of nitrogens with zero attached hydrogens (tertiary/aromatic N) is 2. The molecule has 1 aromatic rings. The second kappa shape index (κ2) is 6.66. The Balaban J connectivity index is 2.67. The Labute approximate surface area is 113 Å². The normalized spacial score (nSPS) is 13.6. The van der Waals surface area contributed by atoms with Crippen molar-refractivity contribution in [2.45, 2.75) is 39.8 Å². The molecule has 0 aliphatic carbocycles. The van der Waals surface area contributed by atoms with E-state index in [-0.39, 0.29) is 6.04 Å². The van der Waals surface area contributed by atoms with Crippen molar-refractivity contribution in [1.29, 1.82) is 0 Å². The summed E-state index contributed by atoms with van der Waals surface area (Å²) in [6, 6.07) is 0.245. The van der Waals surface area contributed by atoms with Gasteiger partial charge in [-0.3, -0.25) is 4.68 Å². The van der Waals surface area contributed by atoms with Gasteiger partial charge < -0.3 is 5.73 Å². The molecule has 0 aliphatic heterocycles. The van der Waals surface area contributed by atoms with Gasteiger partial charge in [0.15, 0.2) is 0 Å². The lowest BCUT2D eigenvalue weighted by molar-refractivity contribution is 0.495. The molecule has 17 heavy (non-hydrogen) atoms. The largest absolute Gasteiger partial charge is 0.322 e. The fraction of sp³-hybridized carbons (Fsp3) is 0.750. The SMILES string of the molecule is CC(C)CSCC(N)c1c(Cl)cnn1C(C)C. The molecule has 0 radical (unpaired) electrons. The molecule has 0 saturated carbocycles. The summed E-state index contributed by atoms with van der Waals surface area (Å²) in [6.45, 7) is 8.59. The first-order chi connectivity index (χ1) is 7.93. The molecule has 0 bridgehead atoms. The summed E-state index contributed by atoms with van der Waals surface area (Å²) in [6.07, 6.45) is 1.68. The number of thioether (sulfide) groups is 1. The zero-order valence-electron chi connectivity index (χ0n) is 11.0. The highest BCUT2D eigenvalue weighted by Gasteiger charge is 2.18. The molecule has 0 aromatic carbocycles. The molecule has 0 spiro atoms. The summed E-state index contributed by atoms with van der Waals surface area (Å²) in [5.74, 6) is 2.70. The van der Waals surface area contributed by atoms with Crippen molar-refractivity contribution in [1.82, 2.24) is 9.78 Å². The summed E-state index contributed by atoms with van der Waals surface area (Å²) in [7, 11) is 0. The molecule has 1 aromatic heterocycles. The Bertz CT molecular complexity index is 350. The van der Waals surface area contributed by atoms with Crippen LogP contribution in [0.5, 0.6) is 0 Å². The zero-order chi connectivity index (χ0) is 13.0. The monoisotopic (exact) mass is 275 g/mol. The van der Waals surface area contributed by atoms with E-state index in [0.717, 1.165) is 17.2 Å². The van der Waals surface area contributed by atoms with Gasteiger partial charge in [-0.15, -0.1) is 0 Å². The fourth-order valence-corrected chi connectivity index (χ4v) is 2.91. The average molecular weight is 276 g/mol. The van der Waals surface area contributed by atoms with Crippen LogP contribution in [-0.4, -0.2) is 21.3 Å². The molecule has 5 heteroatoms. The fourth-order valence-electron chi connectivity index (χ4n) is 1.62. The first-order valence-corrected chi connectivity index (χ1v) is 7.53. The van der Waals surface area contributed by atoms with Crippen molar-refractivity contribution >= 4 is 23.4 Å². The van der Waals surface area contributed by atoms with Gasteiger partial charge in [-0.05, 0) is 25.5 Å². The van der Waals surface area contributed by atoms with Gasteiger partial charge in [0, 0.05) is 11.8 Å². The minimum atomic E-state index is -0.0452. The lowest BCUT2D eigenvalue weighted by atomic mass is 10.2. The van der Waals surface area contributed by atoms with E-state index in [2.05, 4.69) is 32.8 Å². The van der Waals surface area contributed by atoms with Crippen LogP contribution in [0.15, 0.2) is 6.20 Å². The van der Waals surface area contributed by atoms with Crippen LogP contribution in [-0.2, 0) is 0 Å². The molecule has 0 saturated heterocycles. The maximum absolute atomic E-state index is 6.20. The van der Waals surface area contributed by atoms with Crippen molar-refractivity contribution in [2.75, 3.05) is 11.5 Å². The van der Waals surface area contributed by atoms with E-state index >= 15 is 0 Å². The zero-order valence-corrected chi connectivity index (χ0v) is 12.6. The third kappa shape index (κ3) is 4.19.